The van der Waals surface area contributed by atoms with Gasteiger partial charge in [-0.05, 0) is 56.0 Å². The third-order valence-electron chi connectivity index (χ3n) is 4.13. The van der Waals surface area contributed by atoms with Crippen LogP contribution in [0, 0.1) is 6.92 Å². The molecule has 0 unspecified atom stereocenters. The summed E-state index contributed by atoms with van der Waals surface area (Å²) < 4.78 is 7.97. The van der Waals surface area contributed by atoms with E-state index in [4.69, 9.17) is 4.74 Å². The average molecular weight is 285 g/mol. The highest BCUT2D eigenvalue weighted by molar-refractivity contribution is 5.41. The SMILES string of the molecule is CCNCc1c(C)nn(C)c1Oc1ccc2c(c1)CCC2. The van der Waals surface area contributed by atoms with E-state index >= 15 is 0 Å². The highest BCUT2D eigenvalue weighted by Gasteiger charge is 2.17. The Morgan fingerprint density at radius 3 is 2.90 bits per heavy atom. The molecule has 0 saturated heterocycles. The molecule has 1 N–H and O–H groups in total. The molecule has 0 fully saturated rings. The second kappa shape index (κ2) is 5.90. The van der Waals surface area contributed by atoms with Gasteiger partial charge in [0.15, 0.2) is 0 Å². The van der Waals surface area contributed by atoms with Crippen LogP contribution >= 0.6 is 0 Å². The Balaban J connectivity index is 1.87. The standard InChI is InChI=1S/C17H23N3O/c1-4-18-11-16-12(2)19-20(3)17(16)21-15-9-8-13-6-5-7-14(13)10-15/h8-10,18H,4-7,11H2,1-3H3. The van der Waals surface area contributed by atoms with Crippen LogP contribution < -0.4 is 10.1 Å². The van der Waals surface area contributed by atoms with E-state index in [9.17, 15) is 0 Å². The van der Waals surface area contributed by atoms with Gasteiger partial charge >= 0.3 is 0 Å². The molecular formula is C17H23N3O. The van der Waals surface area contributed by atoms with Gasteiger partial charge in [0, 0.05) is 13.6 Å². The van der Waals surface area contributed by atoms with Gasteiger partial charge in [0.2, 0.25) is 5.88 Å². The van der Waals surface area contributed by atoms with Crippen molar-refractivity contribution in [2.45, 2.75) is 39.7 Å². The van der Waals surface area contributed by atoms with Gasteiger partial charge in [-0.2, -0.15) is 5.10 Å². The fourth-order valence-electron chi connectivity index (χ4n) is 2.99. The lowest BCUT2D eigenvalue weighted by molar-refractivity contribution is 0.423. The first kappa shape index (κ1) is 14.1. The number of hydrogen-bond donors (Lipinski definition) is 1. The van der Waals surface area contributed by atoms with Gasteiger partial charge in [0.05, 0.1) is 11.3 Å². The number of nitrogens with zero attached hydrogens (tertiary/aromatic N) is 2. The molecule has 3 rings (SSSR count). The summed E-state index contributed by atoms with van der Waals surface area (Å²) in [5, 5.41) is 7.84. The molecule has 0 amide bonds. The van der Waals surface area contributed by atoms with Crippen molar-refractivity contribution < 1.29 is 4.74 Å². The maximum atomic E-state index is 6.14. The zero-order valence-electron chi connectivity index (χ0n) is 13.1. The molecule has 0 saturated carbocycles. The van der Waals surface area contributed by atoms with Crippen LogP contribution in [0.5, 0.6) is 11.6 Å². The second-order valence-electron chi connectivity index (χ2n) is 5.66. The average Bonchev–Trinajstić information content (AvgIpc) is 3.02. The highest BCUT2D eigenvalue weighted by Crippen LogP contribution is 2.31. The van der Waals surface area contributed by atoms with Crippen LogP contribution in [0.1, 0.15) is 35.7 Å². The second-order valence-corrected chi connectivity index (χ2v) is 5.66. The number of rotatable bonds is 5. The molecule has 0 bridgehead atoms. The minimum absolute atomic E-state index is 0.788. The normalized spacial score (nSPS) is 13.5. The quantitative estimate of drug-likeness (QED) is 0.917. The third kappa shape index (κ3) is 2.81. The Hall–Kier alpha value is -1.81. The summed E-state index contributed by atoms with van der Waals surface area (Å²) in [4.78, 5) is 0. The van der Waals surface area contributed by atoms with E-state index in [0.29, 0.717) is 0 Å². The largest absolute Gasteiger partial charge is 0.439 e. The van der Waals surface area contributed by atoms with Gasteiger partial charge in [-0.3, -0.25) is 0 Å². The molecular weight excluding hydrogens is 262 g/mol. The summed E-state index contributed by atoms with van der Waals surface area (Å²) in [6.45, 7) is 5.86. The van der Waals surface area contributed by atoms with Crippen molar-refractivity contribution in [2.75, 3.05) is 6.54 Å². The number of aryl methyl sites for hydroxylation is 4. The van der Waals surface area contributed by atoms with Gasteiger partial charge in [-0.15, -0.1) is 0 Å². The fourth-order valence-corrected chi connectivity index (χ4v) is 2.99. The number of ether oxygens (including phenoxy) is 1. The molecule has 1 aliphatic rings. The zero-order valence-corrected chi connectivity index (χ0v) is 13.1. The molecule has 0 radical (unpaired) electrons. The van der Waals surface area contributed by atoms with Gasteiger partial charge in [0.1, 0.15) is 5.75 Å². The van der Waals surface area contributed by atoms with Crippen LogP contribution in [-0.4, -0.2) is 16.3 Å². The van der Waals surface area contributed by atoms with Gasteiger partial charge in [0.25, 0.3) is 0 Å². The summed E-state index contributed by atoms with van der Waals surface area (Å²) >= 11 is 0. The minimum atomic E-state index is 0.788. The number of fused-ring (bicyclic) bond motifs is 1. The van der Waals surface area contributed by atoms with E-state index in [1.807, 2.05) is 18.7 Å². The van der Waals surface area contributed by atoms with E-state index < -0.39 is 0 Å². The molecule has 21 heavy (non-hydrogen) atoms. The van der Waals surface area contributed by atoms with Crippen LogP contribution in [-0.2, 0) is 26.4 Å². The van der Waals surface area contributed by atoms with Crippen molar-refractivity contribution in [1.29, 1.82) is 0 Å². The molecule has 0 atom stereocenters. The molecule has 4 heteroatoms. The lowest BCUT2D eigenvalue weighted by Gasteiger charge is -2.10. The van der Waals surface area contributed by atoms with E-state index in [1.54, 1.807) is 0 Å². The van der Waals surface area contributed by atoms with Gasteiger partial charge < -0.3 is 10.1 Å². The number of hydrogen-bond acceptors (Lipinski definition) is 3. The van der Waals surface area contributed by atoms with Crippen molar-refractivity contribution in [2.24, 2.45) is 7.05 Å². The van der Waals surface area contributed by atoms with Crippen molar-refractivity contribution in [3.05, 3.63) is 40.6 Å². The maximum Gasteiger partial charge on any atom is 0.222 e. The summed E-state index contributed by atoms with van der Waals surface area (Å²) in [6, 6.07) is 6.45. The van der Waals surface area contributed by atoms with Crippen LogP contribution in [0.3, 0.4) is 0 Å². The molecule has 1 aromatic heterocycles. The summed E-state index contributed by atoms with van der Waals surface area (Å²) in [6.07, 6.45) is 3.63. The van der Waals surface area contributed by atoms with E-state index in [-0.39, 0.29) is 0 Å². The highest BCUT2D eigenvalue weighted by atomic mass is 16.5. The Bertz CT molecular complexity index is 646. The van der Waals surface area contributed by atoms with Crippen molar-refractivity contribution >= 4 is 0 Å². The predicted octanol–water partition coefficient (Wildman–Crippen LogP) is 3.12. The first-order chi connectivity index (χ1) is 10.2. The minimum Gasteiger partial charge on any atom is -0.439 e. The molecule has 1 aromatic carbocycles. The molecule has 2 aromatic rings. The molecule has 0 spiro atoms. The number of nitrogens with one attached hydrogen (secondary N) is 1. The number of benzene rings is 1. The van der Waals surface area contributed by atoms with Crippen molar-refractivity contribution in [1.82, 2.24) is 15.1 Å². The van der Waals surface area contributed by atoms with Crippen LogP contribution in [0.15, 0.2) is 18.2 Å². The predicted molar refractivity (Wildman–Crippen MR) is 83.9 cm³/mol. The van der Waals surface area contributed by atoms with Crippen LogP contribution in [0.4, 0.5) is 0 Å². The smallest absolute Gasteiger partial charge is 0.222 e. The summed E-state index contributed by atoms with van der Waals surface area (Å²) in [5.74, 6) is 1.75. The number of aromatic nitrogens is 2. The lowest BCUT2D eigenvalue weighted by Crippen LogP contribution is -2.12. The van der Waals surface area contributed by atoms with E-state index in [2.05, 4.69) is 35.5 Å². The van der Waals surface area contributed by atoms with Crippen LogP contribution in [0.2, 0.25) is 0 Å². The Morgan fingerprint density at radius 1 is 1.29 bits per heavy atom. The first-order valence-electron chi connectivity index (χ1n) is 7.72. The van der Waals surface area contributed by atoms with Gasteiger partial charge in [-0.25, -0.2) is 4.68 Å². The molecule has 1 aliphatic carbocycles. The Kier molecular flexibility index (Phi) is 3.97. The Morgan fingerprint density at radius 2 is 2.10 bits per heavy atom. The fraction of sp³-hybridized carbons (Fsp3) is 0.471. The molecule has 112 valence electrons. The van der Waals surface area contributed by atoms with Crippen molar-refractivity contribution in [3.63, 3.8) is 0 Å². The molecule has 4 nitrogen and oxygen atoms in total. The van der Waals surface area contributed by atoms with Crippen molar-refractivity contribution in [3.8, 4) is 11.6 Å². The summed E-state index contributed by atoms with van der Waals surface area (Å²) in [7, 11) is 1.94. The molecule has 1 heterocycles. The monoisotopic (exact) mass is 285 g/mol. The first-order valence-corrected chi connectivity index (χ1v) is 7.72. The van der Waals surface area contributed by atoms with Gasteiger partial charge in [-0.1, -0.05) is 13.0 Å². The topological polar surface area (TPSA) is 39.1 Å². The molecule has 0 aliphatic heterocycles. The third-order valence-corrected chi connectivity index (χ3v) is 4.13. The maximum absolute atomic E-state index is 6.14. The zero-order chi connectivity index (χ0) is 14.8. The lowest BCUT2D eigenvalue weighted by atomic mass is 10.1. The van der Waals surface area contributed by atoms with E-state index in [0.717, 1.165) is 36.0 Å². The summed E-state index contributed by atoms with van der Waals surface area (Å²) in [5.41, 5.74) is 5.06. The van der Waals surface area contributed by atoms with E-state index in [1.165, 1.54) is 30.4 Å². The van der Waals surface area contributed by atoms with Crippen LogP contribution in [0.25, 0.3) is 0 Å². The Labute approximate surface area is 126 Å².